The van der Waals surface area contributed by atoms with E-state index in [1.807, 2.05) is 0 Å². The van der Waals surface area contributed by atoms with E-state index in [4.69, 9.17) is 22.1 Å². The Morgan fingerprint density at radius 1 is 1.20 bits per heavy atom. The molecule has 1 aromatic carbocycles. The van der Waals surface area contributed by atoms with Gasteiger partial charge in [0.25, 0.3) is 5.91 Å². The third kappa shape index (κ3) is 4.44. The van der Waals surface area contributed by atoms with E-state index in [-0.39, 0.29) is 24.2 Å². The van der Waals surface area contributed by atoms with Crippen molar-refractivity contribution >= 4 is 41.5 Å². The van der Waals surface area contributed by atoms with Crippen LogP contribution in [0.2, 0.25) is 5.02 Å². The summed E-state index contributed by atoms with van der Waals surface area (Å²) in [5, 5.41) is 3.14. The molecule has 0 unspecified atom stereocenters. The van der Waals surface area contributed by atoms with Crippen LogP contribution in [-0.2, 0) is 9.53 Å². The number of anilines is 1. The van der Waals surface area contributed by atoms with Crippen molar-refractivity contribution in [3.05, 3.63) is 28.8 Å². The summed E-state index contributed by atoms with van der Waals surface area (Å²) in [5.74, 6) is -0.310. The second-order valence-corrected chi connectivity index (χ2v) is 6.82. The van der Waals surface area contributed by atoms with Crippen molar-refractivity contribution in [3.63, 3.8) is 0 Å². The molecule has 1 heterocycles. The number of carbonyl (C=O) groups is 2. The van der Waals surface area contributed by atoms with E-state index >= 15 is 0 Å². The molecule has 138 valence electrons. The standard InChI is InChI=1S/C17H22ClN3O3.ClH/c18-14-11-12(20-16(23)17(19)5-1-2-6-17)3-4-13(14)15(22)21-7-9-24-10-8-21;/h3-4,11H,1-2,5-10,19H2,(H,20,23);1H. The fraction of sp³-hybridized carbons (Fsp3) is 0.529. The zero-order valence-electron chi connectivity index (χ0n) is 13.9. The number of nitrogens with zero attached hydrogens (tertiary/aromatic N) is 1. The van der Waals surface area contributed by atoms with Crippen LogP contribution in [0.3, 0.4) is 0 Å². The number of nitrogens with one attached hydrogen (secondary N) is 1. The van der Waals surface area contributed by atoms with Crippen molar-refractivity contribution in [2.24, 2.45) is 5.73 Å². The molecule has 1 aliphatic carbocycles. The van der Waals surface area contributed by atoms with E-state index in [0.29, 0.717) is 55.4 Å². The number of benzene rings is 1. The van der Waals surface area contributed by atoms with Crippen LogP contribution >= 0.6 is 24.0 Å². The van der Waals surface area contributed by atoms with Crippen LogP contribution in [0.4, 0.5) is 5.69 Å². The van der Waals surface area contributed by atoms with Crippen molar-refractivity contribution in [2.45, 2.75) is 31.2 Å². The molecule has 1 saturated carbocycles. The number of carbonyl (C=O) groups excluding carboxylic acids is 2. The molecule has 25 heavy (non-hydrogen) atoms. The van der Waals surface area contributed by atoms with Gasteiger partial charge >= 0.3 is 0 Å². The lowest BCUT2D eigenvalue weighted by atomic mass is 9.98. The number of nitrogens with two attached hydrogens (primary N) is 1. The SMILES string of the molecule is Cl.NC1(C(=O)Nc2ccc(C(=O)N3CCOCC3)c(Cl)c2)CCCC1. The molecule has 1 aliphatic heterocycles. The molecule has 3 N–H and O–H groups in total. The van der Waals surface area contributed by atoms with Crippen molar-refractivity contribution in [1.29, 1.82) is 0 Å². The Morgan fingerprint density at radius 2 is 1.84 bits per heavy atom. The second-order valence-electron chi connectivity index (χ2n) is 6.42. The van der Waals surface area contributed by atoms with E-state index in [9.17, 15) is 9.59 Å². The third-order valence-corrected chi connectivity index (χ3v) is 5.02. The van der Waals surface area contributed by atoms with Gasteiger partial charge in [-0.15, -0.1) is 12.4 Å². The molecule has 2 aliphatic rings. The highest BCUT2D eigenvalue weighted by molar-refractivity contribution is 6.34. The van der Waals surface area contributed by atoms with Gasteiger partial charge in [0.05, 0.1) is 29.3 Å². The molecule has 1 aromatic rings. The third-order valence-electron chi connectivity index (χ3n) is 4.70. The van der Waals surface area contributed by atoms with Crippen molar-refractivity contribution in [2.75, 3.05) is 31.6 Å². The molecule has 0 atom stereocenters. The number of rotatable bonds is 3. The van der Waals surface area contributed by atoms with Crippen LogP contribution < -0.4 is 11.1 Å². The monoisotopic (exact) mass is 387 g/mol. The highest BCUT2D eigenvalue weighted by atomic mass is 35.5. The molecule has 6 nitrogen and oxygen atoms in total. The van der Waals surface area contributed by atoms with E-state index in [0.717, 1.165) is 12.8 Å². The molecule has 8 heteroatoms. The number of halogens is 2. The highest BCUT2D eigenvalue weighted by Crippen LogP contribution is 2.29. The topological polar surface area (TPSA) is 84.7 Å². The van der Waals surface area contributed by atoms with Crippen LogP contribution in [0.5, 0.6) is 0 Å². The summed E-state index contributed by atoms with van der Waals surface area (Å²) in [6, 6.07) is 4.94. The van der Waals surface area contributed by atoms with Crippen molar-refractivity contribution < 1.29 is 14.3 Å². The minimum absolute atomic E-state index is 0. The van der Waals surface area contributed by atoms with Crippen LogP contribution in [0.15, 0.2) is 18.2 Å². The maximum absolute atomic E-state index is 12.5. The first kappa shape index (κ1) is 20.0. The lowest BCUT2D eigenvalue weighted by molar-refractivity contribution is -0.121. The molecule has 1 saturated heterocycles. The fourth-order valence-electron chi connectivity index (χ4n) is 3.19. The Bertz CT molecular complexity index is 642. The van der Waals surface area contributed by atoms with E-state index in [1.165, 1.54) is 0 Å². The Labute approximate surface area is 158 Å². The Kier molecular flexibility index (Phi) is 6.68. The average Bonchev–Trinajstić information content (AvgIpc) is 3.03. The Hall–Kier alpha value is -1.34. The summed E-state index contributed by atoms with van der Waals surface area (Å²) >= 11 is 6.26. The summed E-state index contributed by atoms with van der Waals surface area (Å²) in [7, 11) is 0. The average molecular weight is 388 g/mol. The summed E-state index contributed by atoms with van der Waals surface area (Å²) in [5.41, 5.74) is 6.34. The maximum Gasteiger partial charge on any atom is 0.255 e. The van der Waals surface area contributed by atoms with Gasteiger partial charge in [-0.2, -0.15) is 0 Å². The van der Waals surface area contributed by atoms with Gasteiger partial charge in [-0.25, -0.2) is 0 Å². The zero-order chi connectivity index (χ0) is 17.2. The lowest BCUT2D eigenvalue weighted by Crippen LogP contribution is -2.48. The number of amides is 2. The number of morpholine rings is 1. The Morgan fingerprint density at radius 3 is 2.44 bits per heavy atom. The summed E-state index contributed by atoms with van der Waals surface area (Å²) in [4.78, 5) is 26.6. The molecular formula is C17H23Cl2N3O3. The largest absolute Gasteiger partial charge is 0.378 e. The number of hydrogen-bond acceptors (Lipinski definition) is 4. The van der Waals surface area contributed by atoms with Gasteiger partial charge in [0.2, 0.25) is 5.91 Å². The van der Waals surface area contributed by atoms with E-state index < -0.39 is 5.54 Å². The van der Waals surface area contributed by atoms with Crippen LogP contribution in [-0.4, -0.2) is 48.6 Å². The molecular weight excluding hydrogens is 365 g/mol. The number of hydrogen-bond donors (Lipinski definition) is 2. The molecule has 2 amide bonds. The first-order valence-corrected chi connectivity index (χ1v) is 8.64. The van der Waals surface area contributed by atoms with E-state index in [1.54, 1.807) is 23.1 Å². The normalized spacial score (nSPS) is 19.2. The molecule has 0 spiro atoms. The molecule has 0 bridgehead atoms. The molecule has 2 fully saturated rings. The van der Waals surface area contributed by atoms with Crippen molar-refractivity contribution in [1.82, 2.24) is 4.90 Å². The smallest absolute Gasteiger partial charge is 0.255 e. The second kappa shape index (κ2) is 8.36. The predicted octanol–water partition coefficient (Wildman–Crippen LogP) is 2.44. The predicted molar refractivity (Wildman–Crippen MR) is 99.4 cm³/mol. The van der Waals surface area contributed by atoms with Gasteiger partial charge in [-0.3, -0.25) is 9.59 Å². The van der Waals surface area contributed by atoms with Gasteiger partial charge in [0.1, 0.15) is 0 Å². The highest BCUT2D eigenvalue weighted by Gasteiger charge is 2.37. The van der Waals surface area contributed by atoms with Crippen molar-refractivity contribution in [3.8, 4) is 0 Å². The first-order valence-electron chi connectivity index (χ1n) is 8.26. The number of ether oxygens (including phenoxy) is 1. The van der Waals surface area contributed by atoms with Gasteiger partial charge in [-0.1, -0.05) is 24.4 Å². The van der Waals surface area contributed by atoms with Gasteiger partial charge < -0.3 is 20.7 Å². The lowest BCUT2D eigenvalue weighted by Gasteiger charge is -2.27. The molecule has 3 rings (SSSR count). The summed E-state index contributed by atoms with van der Waals surface area (Å²) < 4.78 is 5.25. The maximum atomic E-state index is 12.5. The quantitative estimate of drug-likeness (QED) is 0.833. The molecule has 0 aromatic heterocycles. The fourth-order valence-corrected chi connectivity index (χ4v) is 3.45. The summed E-state index contributed by atoms with van der Waals surface area (Å²) in [6.45, 7) is 2.19. The Balaban J connectivity index is 0.00000225. The van der Waals surface area contributed by atoms with Gasteiger partial charge in [-0.05, 0) is 31.0 Å². The minimum Gasteiger partial charge on any atom is -0.378 e. The first-order chi connectivity index (χ1) is 11.5. The van der Waals surface area contributed by atoms with Crippen LogP contribution in [0, 0.1) is 0 Å². The van der Waals surface area contributed by atoms with E-state index in [2.05, 4.69) is 5.32 Å². The minimum atomic E-state index is -0.797. The van der Waals surface area contributed by atoms with Crippen LogP contribution in [0.25, 0.3) is 0 Å². The summed E-state index contributed by atoms with van der Waals surface area (Å²) in [6.07, 6.45) is 3.33. The van der Waals surface area contributed by atoms with Gasteiger partial charge in [0.15, 0.2) is 0 Å². The molecule has 0 radical (unpaired) electrons. The van der Waals surface area contributed by atoms with Crippen LogP contribution in [0.1, 0.15) is 36.0 Å². The zero-order valence-corrected chi connectivity index (χ0v) is 15.5. The van der Waals surface area contributed by atoms with Gasteiger partial charge in [0, 0.05) is 18.8 Å².